The van der Waals surface area contributed by atoms with Crippen molar-refractivity contribution in [3.8, 4) is 5.75 Å². The molecule has 1 N–H and O–H groups in total. The molecule has 2 aromatic rings. The number of aliphatic imine (C=N–C) groups is 1. The van der Waals surface area contributed by atoms with Gasteiger partial charge < -0.3 is 5.11 Å². The lowest BCUT2D eigenvalue weighted by Crippen LogP contribution is -2.28. The maximum atomic E-state index is 12.6. The SMILES string of the molecule is CCN1C(=O)/C(=C\c2cc(Cl)ccc2O)SC1=Nc1ccccc1. The molecule has 0 aliphatic carbocycles. The minimum atomic E-state index is -0.128. The number of nitrogens with zero attached hydrogens (tertiary/aromatic N) is 2. The van der Waals surface area contributed by atoms with E-state index in [2.05, 4.69) is 4.99 Å². The van der Waals surface area contributed by atoms with Crippen molar-refractivity contribution in [3.05, 3.63) is 64.0 Å². The summed E-state index contributed by atoms with van der Waals surface area (Å²) in [6.07, 6.45) is 1.64. The number of para-hydroxylation sites is 1. The zero-order chi connectivity index (χ0) is 17.1. The summed E-state index contributed by atoms with van der Waals surface area (Å²) in [5.41, 5.74) is 1.30. The van der Waals surface area contributed by atoms with Crippen LogP contribution in [0.5, 0.6) is 5.75 Å². The monoisotopic (exact) mass is 358 g/mol. The number of hydrogen-bond acceptors (Lipinski definition) is 4. The van der Waals surface area contributed by atoms with Gasteiger partial charge in [-0.25, -0.2) is 4.99 Å². The average molecular weight is 359 g/mol. The Morgan fingerprint density at radius 2 is 2.00 bits per heavy atom. The molecule has 1 heterocycles. The van der Waals surface area contributed by atoms with E-state index >= 15 is 0 Å². The normalized spacial score (nSPS) is 17.9. The first kappa shape index (κ1) is 16.6. The summed E-state index contributed by atoms with van der Waals surface area (Å²) in [4.78, 5) is 19.2. The van der Waals surface area contributed by atoms with E-state index in [0.717, 1.165) is 5.69 Å². The van der Waals surface area contributed by atoms with Crippen LogP contribution in [0, 0.1) is 0 Å². The van der Waals surface area contributed by atoms with Crippen molar-refractivity contribution in [2.45, 2.75) is 6.92 Å². The fourth-order valence-electron chi connectivity index (χ4n) is 2.27. The first-order valence-electron chi connectivity index (χ1n) is 7.42. The van der Waals surface area contributed by atoms with E-state index in [-0.39, 0.29) is 11.7 Å². The van der Waals surface area contributed by atoms with Crippen LogP contribution in [0.3, 0.4) is 0 Å². The van der Waals surface area contributed by atoms with Gasteiger partial charge >= 0.3 is 0 Å². The molecule has 1 saturated heterocycles. The molecule has 1 amide bonds. The van der Waals surface area contributed by atoms with Gasteiger partial charge in [-0.2, -0.15) is 0 Å². The predicted molar refractivity (Wildman–Crippen MR) is 99.6 cm³/mol. The Bertz CT molecular complexity index is 834. The van der Waals surface area contributed by atoms with Gasteiger partial charge in [-0.15, -0.1) is 0 Å². The van der Waals surface area contributed by atoms with Crippen molar-refractivity contribution < 1.29 is 9.90 Å². The number of rotatable bonds is 3. The molecule has 122 valence electrons. The summed E-state index contributed by atoms with van der Waals surface area (Å²) in [6.45, 7) is 2.43. The van der Waals surface area contributed by atoms with Crippen LogP contribution in [0.4, 0.5) is 5.69 Å². The zero-order valence-electron chi connectivity index (χ0n) is 12.9. The van der Waals surface area contributed by atoms with Crippen LogP contribution in [0.2, 0.25) is 5.02 Å². The van der Waals surface area contributed by atoms with Gasteiger partial charge in [0, 0.05) is 17.1 Å². The molecule has 0 saturated carbocycles. The molecule has 3 rings (SSSR count). The zero-order valence-corrected chi connectivity index (χ0v) is 14.5. The molecule has 1 aliphatic heterocycles. The highest BCUT2D eigenvalue weighted by molar-refractivity contribution is 8.18. The number of carbonyl (C=O) groups is 1. The Labute approximate surface area is 149 Å². The summed E-state index contributed by atoms with van der Waals surface area (Å²) < 4.78 is 0. The second-order valence-electron chi connectivity index (χ2n) is 5.09. The summed E-state index contributed by atoms with van der Waals surface area (Å²) >= 11 is 7.25. The van der Waals surface area contributed by atoms with Crippen molar-refractivity contribution in [3.63, 3.8) is 0 Å². The third-order valence-electron chi connectivity index (χ3n) is 3.46. The highest BCUT2D eigenvalue weighted by atomic mass is 35.5. The van der Waals surface area contributed by atoms with Crippen molar-refractivity contribution in [1.29, 1.82) is 0 Å². The van der Waals surface area contributed by atoms with Gasteiger partial charge in [0.25, 0.3) is 5.91 Å². The number of halogens is 1. The third kappa shape index (κ3) is 3.47. The first-order valence-corrected chi connectivity index (χ1v) is 8.61. The molecule has 0 aromatic heterocycles. The molecule has 24 heavy (non-hydrogen) atoms. The quantitative estimate of drug-likeness (QED) is 0.811. The lowest BCUT2D eigenvalue weighted by Gasteiger charge is -2.11. The van der Waals surface area contributed by atoms with E-state index in [1.165, 1.54) is 17.8 Å². The van der Waals surface area contributed by atoms with Crippen molar-refractivity contribution in [2.75, 3.05) is 6.54 Å². The Morgan fingerprint density at radius 1 is 1.25 bits per heavy atom. The number of benzene rings is 2. The van der Waals surface area contributed by atoms with Crippen molar-refractivity contribution in [2.24, 2.45) is 4.99 Å². The predicted octanol–water partition coefficient (Wildman–Crippen LogP) is 4.67. The highest BCUT2D eigenvalue weighted by Crippen LogP contribution is 2.35. The van der Waals surface area contributed by atoms with Gasteiger partial charge in [-0.3, -0.25) is 9.69 Å². The molecule has 1 aliphatic rings. The number of phenols is 1. The third-order valence-corrected chi connectivity index (χ3v) is 4.70. The number of thioether (sulfide) groups is 1. The van der Waals surface area contributed by atoms with Crippen LogP contribution in [0.15, 0.2) is 58.4 Å². The molecule has 0 radical (unpaired) electrons. The number of carbonyl (C=O) groups excluding carboxylic acids is 1. The Morgan fingerprint density at radius 3 is 2.71 bits per heavy atom. The van der Waals surface area contributed by atoms with E-state index in [0.29, 0.717) is 27.2 Å². The van der Waals surface area contributed by atoms with Gasteiger partial charge in [-0.1, -0.05) is 29.8 Å². The van der Waals surface area contributed by atoms with Gasteiger partial charge in [0.1, 0.15) is 5.75 Å². The summed E-state index contributed by atoms with van der Waals surface area (Å²) in [7, 11) is 0. The first-order chi connectivity index (χ1) is 11.6. The summed E-state index contributed by atoms with van der Waals surface area (Å²) in [5.74, 6) is -0.0478. The maximum Gasteiger partial charge on any atom is 0.266 e. The Hall–Kier alpha value is -2.24. The fourth-order valence-corrected chi connectivity index (χ4v) is 3.50. The highest BCUT2D eigenvalue weighted by Gasteiger charge is 2.32. The van der Waals surface area contributed by atoms with Crippen LogP contribution >= 0.6 is 23.4 Å². The topological polar surface area (TPSA) is 52.9 Å². The molecule has 6 heteroatoms. The molecule has 0 bridgehead atoms. The average Bonchev–Trinajstić information content (AvgIpc) is 2.87. The van der Waals surface area contributed by atoms with E-state index in [9.17, 15) is 9.90 Å². The number of amides is 1. The van der Waals surface area contributed by atoms with Crippen LogP contribution < -0.4 is 0 Å². The number of phenolic OH excluding ortho intramolecular Hbond substituents is 1. The second kappa shape index (κ2) is 7.11. The van der Waals surface area contributed by atoms with Gasteiger partial charge in [-0.05, 0) is 55.1 Å². The molecule has 0 spiro atoms. The van der Waals surface area contributed by atoms with Crippen LogP contribution in [0.25, 0.3) is 6.08 Å². The number of aromatic hydroxyl groups is 1. The molecular weight excluding hydrogens is 344 g/mol. The van der Waals surface area contributed by atoms with Crippen LogP contribution in [0.1, 0.15) is 12.5 Å². The minimum Gasteiger partial charge on any atom is -0.507 e. The Balaban J connectivity index is 1.97. The largest absolute Gasteiger partial charge is 0.507 e. The molecule has 0 atom stereocenters. The lowest BCUT2D eigenvalue weighted by molar-refractivity contribution is -0.122. The van der Waals surface area contributed by atoms with Gasteiger partial charge in [0.05, 0.1) is 10.6 Å². The van der Waals surface area contributed by atoms with Gasteiger partial charge in [0.2, 0.25) is 0 Å². The van der Waals surface area contributed by atoms with Crippen LogP contribution in [-0.2, 0) is 4.79 Å². The number of likely N-dealkylation sites (N-methyl/N-ethyl adjacent to an activating group) is 1. The fraction of sp³-hybridized carbons (Fsp3) is 0.111. The standard InChI is InChI=1S/C18H15ClN2O2S/c1-2-21-17(23)16(11-12-10-13(19)8-9-15(12)22)24-18(21)20-14-6-4-3-5-7-14/h3-11,22H,2H2,1H3/b16-11+,20-18?. The molecule has 2 aromatic carbocycles. The van der Waals surface area contributed by atoms with Crippen molar-refractivity contribution in [1.82, 2.24) is 4.90 Å². The lowest BCUT2D eigenvalue weighted by atomic mass is 10.2. The molecule has 4 nitrogen and oxygen atoms in total. The molecule has 1 fully saturated rings. The maximum absolute atomic E-state index is 12.6. The van der Waals surface area contributed by atoms with Crippen molar-refractivity contribution >= 4 is 46.2 Å². The van der Waals surface area contributed by atoms with Crippen LogP contribution in [-0.4, -0.2) is 27.6 Å². The van der Waals surface area contributed by atoms with Gasteiger partial charge in [0.15, 0.2) is 5.17 Å². The summed E-state index contributed by atoms with van der Waals surface area (Å²) in [5, 5.41) is 11.1. The Kier molecular flexibility index (Phi) is 4.92. The number of hydrogen-bond donors (Lipinski definition) is 1. The number of amidine groups is 1. The molecular formula is C18H15ClN2O2S. The summed E-state index contributed by atoms with van der Waals surface area (Å²) in [6, 6.07) is 14.2. The molecule has 0 unspecified atom stereocenters. The van der Waals surface area contributed by atoms with E-state index in [1.54, 1.807) is 23.1 Å². The second-order valence-corrected chi connectivity index (χ2v) is 6.54. The van der Waals surface area contributed by atoms with E-state index in [4.69, 9.17) is 11.6 Å². The van der Waals surface area contributed by atoms with E-state index < -0.39 is 0 Å². The minimum absolute atomic E-state index is 0.0804. The van der Waals surface area contributed by atoms with E-state index in [1.807, 2.05) is 37.3 Å². The smallest absolute Gasteiger partial charge is 0.266 e.